The fraction of sp³-hybridized carbons (Fsp3) is 0.0333. The number of benzene rings is 3. The van der Waals surface area contributed by atoms with Gasteiger partial charge in [0.25, 0.3) is 0 Å². The Morgan fingerprint density at radius 2 is 1.51 bits per heavy atom. The molecular formula is C30H23N7O2. The van der Waals surface area contributed by atoms with Crippen LogP contribution in [0, 0.1) is 0 Å². The van der Waals surface area contributed by atoms with Gasteiger partial charge in [0.1, 0.15) is 11.4 Å². The maximum atomic E-state index is 9.82. The van der Waals surface area contributed by atoms with Gasteiger partial charge in [0.2, 0.25) is 11.8 Å². The predicted molar refractivity (Wildman–Crippen MR) is 150 cm³/mol. The average molecular weight is 514 g/mol. The van der Waals surface area contributed by atoms with Crippen molar-refractivity contribution in [3.63, 3.8) is 0 Å². The standard InChI is InChI=1S/C30H23N7O2/c31-30-33-17-15-26(35-30)25-10-5-16-32-29(25)39-21-13-11-20(12-14-21)34-28-24-9-4-3-8-23(24)27(36-37-28)22-7-2-1-6-19(22)18-38/h1-17,38H,18H2,(H,34,37)(H2,31,33,35). The predicted octanol–water partition coefficient (Wildman–Crippen LogP) is 5.76. The Labute approximate surface area is 224 Å². The first-order valence-electron chi connectivity index (χ1n) is 12.2. The van der Waals surface area contributed by atoms with Crippen LogP contribution in [-0.4, -0.2) is 30.3 Å². The maximum absolute atomic E-state index is 9.82. The number of hydrogen-bond donors (Lipinski definition) is 3. The van der Waals surface area contributed by atoms with Crippen LogP contribution in [0.1, 0.15) is 5.56 Å². The zero-order chi connectivity index (χ0) is 26.6. The molecule has 6 rings (SSSR count). The van der Waals surface area contributed by atoms with Gasteiger partial charge in [-0.05, 0) is 48.0 Å². The lowest BCUT2D eigenvalue weighted by atomic mass is 10.0. The van der Waals surface area contributed by atoms with Crippen LogP contribution in [0.4, 0.5) is 17.5 Å². The lowest BCUT2D eigenvalue weighted by Crippen LogP contribution is -2.00. The molecule has 39 heavy (non-hydrogen) atoms. The molecule has 0 amide bonds. The van der Waals surface area contributed by atoms with Crippen molar-refractivity contribution in [1.82, 2.24) is 25.1 Å². The normalized spacial score (nSPS) is 10.9. The smallest absolute Gasteiger partial charge is 0.228 e. The first kappa shape index (κ1) is 24.0. The summed E-state index contributed by atoms with van der Waals surface area (Å²) in [5, 5.41) is 24.0. The fourth-order valence-electron chi connectivity index (χ4n) is 4.33. The van der Waals surface area contributed by atoms with Gasteiger partial charge in [0.15, 0.2) is 5.82 Å². The van der Waals surface area contributed by atoms with Gasteiger partial charge in [-0.3, -0.25) is 0 Å². The van der Waals surface area contributed by atoms with E-state index in [9.17, 15) is 5.11 Å². The van der Waals surface area contributed by atoms with E-state index in [1.165, 1.54) is 0 Å². The molecule has 3 aromatic carbocycles. The molecule has 3 aromatic heterocycles. The molecule has 0 saturated carbocycles. The zero-order valence-corrected chi connectivity index (χ0v) is 20.7. The molecule has 0 aliphatic carbocycles. The number of nitrogen functional groups attached to an aromatic ring is 1. The Bertz CT molecular complexity index is 1770. The molecule has 0 aliphatic heterocycles. The van der Waals surface area contributed by atoms with Gasteiger partial charge < -0.3 is 20.9 Å². The largest absolute Gasteiger partial charge is 0.438 e. The number of pyridine rings is 1. The SMILES string of the molecule is Nc1nccc(-c2cccnc2Oc2ccc(Nc3nnc(-c4ccccc4CO)c4ccccc34)cc2)n1. The van der Waals surface area contributed by atoms with E-state index in [-0.39, 0.29) is 12.6 Å². The summed E-state index contributed by atoms with van der Waals surface area (Å²) in [6.07, 6.45) is 3.26. The van der Waals surface area contributed by atoms with Crippen molar-refractivity contribution in [3.05, 3.63) is 109 Å². The highest BCUT2D eigenvalue weighted by molar-refractivity contribution is 6.01. The Morgan fingerprint density at radius 3 is 2.33 bits per heavy atom. The molecule has 3 heterocycles. The summed E-state index contributed by atoms with van der Waals surface area (Å²) in [6, 6.07) is 28.5. The summed E-state index contributed by atoms with van der Waals surface area (Å²) in [4.78, 5) is 12.6. The number of aliphatic hydroxyl groups excluding tert-OH is 1. The van der Waals surface area contributed by atoms with E-state index in [1.807, 2.05) is 84.9 Å². The van der Waals surface area contributed by atoms with E-state index in [0.717, 1.165) is 33.3 Å². The number of aromatic nitrogens is 5. The molecule has 0 radical (unpaired) electrons. The van der Waals surface area contributed by atoms with Crippen molar-refractivity contribution in [2.45, 2.75) is 6.61 Å². The van der Waals surface area contributed by atoms with Crippen molar-refractivity contribution in [1.29, 1.82) is 0 Å². The Hall–Kier alpha value is -5.41. The van der Waals surface area contributed by atoms with E-state index in [4.69, 9.17) is 10.5 Å². The number of nitrogens with one attached hydrogen (secondary N) is 1. The number of ether oxygens (including phenoxy) is 1. The molecule has 0 unspecified atom stereocenters. The highest BCUT2D eigenvalue weighted by Gasteiger charge is 2.14. The topological polar surface area (TPSA) is 132 Å². The lowest BCUT2D eigenvalue weighted by molar-refractivity contribution is 0.282. The van der Waals surface area contributed by atoms with Gasteiger partial charge in [0.05, 0.1) is 17.9 Å². The molecule has 190 valence electrons. The summed E-state index contributed by atoms with van der Waals surface area (Å²) in [6.45, 7) is -0.0757. The number of anilines is 3. The van der Waals surface area contributed by atoms with E-state index in [0.29, 0.717) is 28.7 Å². The van der Waals surface area contributed by atoms with Crippen LogP contribution in [0.15, 0.2) is 103 Å². The quantitative estimate of drug-likeness (QED) is 0.244. The van der Waals surface area contributed by atoms with Crippen molar-refractivity contribution in [2.24, 2.45) is 0 Å². The fourth-order valence-corrected chi connectivity index (χ4v) is 4.33. The van der Waals surface area contributed by atoms with Crippen LogP contribution in [0.5, 0.6) is 11.6 Å². The summed E-state index contributed by atoms with van der Waals surface area (Å²) in [7, 11) is 0. The molecule has 9 nitrogen and oxygen atoms in total. The Kier molecular flexibility index (Phi) is 6.46. The van der Waals surface area contributed by atoms with E-state index < -0.39 is 0 Å². The van der Waals surface area contributed by atoms with Gasteiger partial charge in [-0.25, -0.2) is 15.0 Å². The number of fused-ring (bicyclic) bond motifs is 1. The highest BCUT2D eigenvalue weighted by atomic mass is 16.5. The average Bonchev–Trinajstić information content (AvgIpc) is 2.98. The third-order valence-electron chi connectivity index (χ3n) is 6.18. The summed E-state index contributed by atoms with van der Waals surface area (Å²) < 4.78 is 6.08. The lowest BCUT2D eigenvalue weighted by Gasteiger charge is -2.13. The second-order valence-electron chi connectivity index (χ2n) is 8.67. The van der Waals surface area contributed by atoms with Crippen LogP contribution in [0.25, 0.3) is 33.3 Å². The third kappa shape index (κ3) is 4.94. The second kappa shape index (κ2) is 10.5. The van der Waals surface area contributed by atoms with Gasteiger partial charge in [0, 0.05) is 34.4 Å². The molecule has 0 fully saturated rings. The van der Waals surface area contributed by atoms with Gasteiger partial charge in [-0.15, -0.1) is 10.2 Å². The van der Waals surface area contributed by atoms with Gasteiger partial charge in [-0.1, -0.05) is 48.5 Å². The maximum Gasteiger partial charge on any atom is 0.228 e. The molecule has 0 atom stereocenters. The molecule has 0 spiro atoms. The van der Waals surface area contributed by atoms with Crippen molar-refractivity contribution < 1.29 is 9.84 Å². The third-order valence-corrected chi connectivity index (χ3v) is 6.18. The molecular weight excluding hydrogens is 490 g/mol. The molecule has 0 saturated heterocycles. The summed E-state index contributed by atoms with van der Waals surface area (Å²) >= 11 is 0. The van der Waals surface area contributed by atoms with Crippen molar-refractivity contribution >= 4 is 28.2 Å². The Morgan fingerprint density at radius 1 is 0.744 bits per heavy atom. The van der Waals surface area contributed by atoms with Gasteiger partial charge in [-0.2, -0.15) is 0 Å². The minimum absolute atomic E-state index is 0.0757. The summed E-state index contributed by atoms with van der Waals surface area (Å²) in [5.41, 5.74) is 10.3. The zero-order valence-electron chi connectivity index (χ0n) is 20.7. The summed E-state index contributed by atoms with van der Waals surface area (Å²) in [5.74, 6) is 1.82. The van der Waals surface area contributed by atoms with Crippen LogP contribution < -0.4 is 15.8 Å². The minimum atomic E-state index is -0.0757. The van der Waals surface area contributed by atoms with Crippen LogP contribution in [0.3, 0.4) is 0 Å². The van der Waals surface area contributed by atoms with Crippen molar-refractivity contribution in [2.75, 3.05) is 11.1 Å². The van der Waals surface area contributed by atoms with Crippen molar-refractivity contribution in [3.8, 4) is 34.1 Å². The van der Waals surface area contributed by atoms with Crippen LogP contribution in [0.2, 0.25) is 0 Å². The number of aliphatic hydroxyl groups is 1. The number of nitrogens with two attached hydrogens (primary N) is 1. The molecule has 6 aromatic rings. The van der Waals surface area contributed by atoms with E-state index in [2.05, 4.69) is 30.5 Å². The van der Waals surface area contributed by atoms with E-state index >= 15 is 0 Å². The molecule has 0 aliphatic rings. The molecule has 4 N–H and O–H groups in total. The van der Waals surface area contributed by atoms with Crippen LogP contribution in [-0.2, 0) is 6.61 Å². The number of nitrogens with zero attached hydrogens (tertiary/aromatic N) is 5. The monoisotopic (exact) mass is 513 g/mol. The second-order valence-corrected chi connectivity index (χ2v) is 8.67. The Balaban J connectivity index is 1.27. The highest BCUT2D eigenvalue weighted by Crippen LogP contribution is 2.34. The van der Waals surface area contributed by atoms with Gasteiger partial charge >= 0.3 is 0 Å². The first-order chi connectivity index (χ1) is 19.2. The minimum Gasteiger partial charge on any atom is -0.438 e. The number of hydrogen-bond acceptors (Lipinski definition) is 9. The first-order valence-corrected chi connectivity index (χ1v) is 12.2. The molecule has 0 bridgehead atoms. The molecule has 9 heteroatoms. The van der Waals surface area contributed by atoms with E-state index in [1.54, 1.807) is 18.5 Å². The van der Waals surface area contributed by atoms with Crippen LogP contribution >= 0.6 is 0 Å². The number of rotatable bonds is 7.